The Morgan fingerprint density at radius 1 is 0.963 bits per heavy atom. The maximum absolute atomic E-state index is 2.75. The van der Waals surface area contributed by atoms with Crippen LogP contribution < -0.4 is 0 Å². The third-order valence-electron chi connectivity index (χ3n) is 6.18. The number of hydrogen-bond donors (Lipinski definition) is 0. The van der Waals surface area contributed by atoms with Gasteiger partial charge in [-0.3, -0.25) is 4.90 Å². The van der Waals surface area contributed by atoms with Crippen molar-refractivity contribution in [1.29, 1.82) is 0 Å². The number of aryl methyl sites for hydroxylation is 1. The molecular formula is C22H32Cl2N2O. The summed E-state index contributed by atoms with van der Waals surface area (Å²) in [4.78, 5) is 5.17. The molecule has 0 spiro atoms. The summed E-state index contributed by atoms with van der Waals surface area (Å²) in [6, 6.07) is 19.0. The first-order valence-corrected chi connectivity index (χ1v) is 9.18. The van der Waals surface area contributed by atoms with Crippen molar-refractivity contribution in [2.24, 2.45) is 0 Å². The topological polar surface area (TPSA) is 38.0 Å². The number of rotatable bonds is 2. The molecule has 0 aromatic heterocycles. The summed E-state index contributed by atoms with van der Waals surface area (Å²) in [5.41, 5.74) is 5.91. The summed E-state index contributed by atoms with van der Waals surface area (Å²) in [5.74, 6) is 0. The van der Waals surface area contributed by atoms with Gasteiger partial charge in [-0.1, -0.05) is 54.1 Å². The Labute approximate surface area is 175 Å². The molecule has 0 bridgehead atoms. The molecule has 1 saturated heterocycles. The van der Waals surface area contributed by atoms with Gasteiger partial charge < -0.3 is 10.4 Å². The maximum Gasteiger partial charge on any atom is 0.0733 e. The van der Waals surface area contributed by atoms with Crippen molar-refractivity contribution in [3.05, 3.63) is 70.8 Å². The Hall–Kier alpha value is -1.10. The van der Waals surface area contributed by atoms with Crippen LogP contribution in [0.1, 0.15) is 35.1 Å². The van der Waals surface area contributed by atoms with E-state index >= 15 is 0 Å². The molecule has 2 aromatic rings. The number of piperidine rings is 1. The van der Waals surface area contributed by atoms with Gasteiger partial charge in [0, 0.05) is 19.1 Å². The second kappa shape index (κ2) is 9.40. The number of benzene rings is 2. The standard InChI is InChI=1S/C22H28N2.2ClH.H2O/c1-17-8-10-19(11-9-17)22-16-20(23(2)3)13-15-24(22)14-12-18-6-4-5-7-21(18)22;;;/h4-11,20H,12-16H2,1-3H3;2*1H;1H2. The lowest BCUT2D eigenvalue weighted by Gasteiger charge is -2.54. The molecule has 2 unspecified atom stereocenters. The van der Waals surface area contributed by atoms with Crippen molar-refractivity contribution in [1.82, 2.24) is 9.80 Å². The number of halogens is 2. The maximum atomic E-state index is 2.75. The number of fused-ring (bicyclic) bond motifs is 3. The fourth-order valence-electron chi connectivity index (χ4n) is 4.77. The minimum atomic E-state index is 0. The molecule has 2 aliphatic rings. The molecule has 2 aromatic carbocycles. The Kier molecular flexibility index (Phi) is 8.33. The van der Waals surface area contributed by atoms with Gasteiger partial charge in [0.1, 0.15) is 0 Å². The van der Waals surface area contributed by atoms with Gasteiger partial charge in [-0.2, -0.15) is 0 Å². The van der Waals surface area contributed by atoms with Gasteiger partial charge in [0.2, 0.25) is 0 Å². The highest BCUT2D eigenvalue weighted by Gasteiger charge is 2.48. The molecule has 3 nitrogen and oxygen atoms in total. The summed E-state index contributed by atoms with van der Waals surface area (Å²) in [6.45, 7) is 4.54. The molecule has 1 fully saturated rings. The predicted octanol–water partition coefficient (Wildman–Crippen LogP) is 3.84. The first kappa shape index (κ1) is 23.9. The molecule has 0 aliphatic carbocycles. The first-order valence-electron chi connectivity index (χ1n) is 9.18. The van der Waals surface area contributed by atoms with E-state index in [1.807, 2.05) is 0 Å². The molecule has 0 saturated carbocycles. The molecule has 0 radical (unpaired) electrons. The largest absolute Gasteiger partial charge is 0.412 e. The monoisotopic (exact) mass is 410 g/mol. The quantitative estimate of drug-likeness (QED) is 0.753. The second-order valence-corrected chi connectivity index (χ2v) is 7.73. The zero-order chi connectivity index (χ0) is 16.7. The van der Waals surface area contributed by atoms with Crippen LogP contribution in [0.5, 0.6) is 0 Å². The van der Waals surface area contributed by atoms with Crippen molar-refractivity contribution >= 4 is 24.8 Å². The van der Waals surface area contributed by atoms with Crippen molar-refractivity contribution < 1.29 is 5.48 Å². The molecule has 2 N–H and O–H groups in total. The van der Waals surface area contributed by atoms with Crippen LogP contribution in [0, 0.1) is 6.92 Å². The van der Waals surface area contributed by atoms with Crippen molar-refractivity contribution in [2.45, 2.75) is 37.8 Å². The van der Waals surface area contributed by atoms with Gasteiger partial charge in [0.05, 0.1) is 5.54 Å². The molecular weight excluding hydrogens is 379 g/mol. The summed E-state index contributed by atoms with van der Waals surface area (Å²) in [7, 11) is 4.47. The van der Waals surface area contributed by atoms with E-state index in [1.54, 1.807) is 0 Å². The lowest BCUT2D eigenvalue weighted by molar-refractivity contribution is 0.0245. The molecule has 2 aliphatic heterocycles. The van der Waals surface area contributed by atoms with Crippen LogP contribution in [-0.4, -0.2) is 48.5 Å². The second-order valence-electron chi connectivity index (χ2n) is 7.73. The van der Waals surface area contributed by atoms with E-state index in [0.717, 1.165) is 0 Å². The van der Waals surface area contributed by atoms with Gasteiger partial charge in [0.25, 0.3) is 0 Å². The van der Waals surface area contributed by atoms with E-state index in [-0.39, 0.29) is 35.8 Å². The Morgan fingerprint density at radius 2 is 1.63 bits per heavy atom. The van der Waals surface area contributed by atoms with E-state index < -0.39 is 0 Å². The van der Waals surface area contributed by atoms with Crippen LogP contribution in [0.2, 0.25) is 0 Å². The summed E-state index contributed by atoms with van der Waals surface area (Å²) in [6.07, 6.45) is 3.62. The van der Waals surface area contributed by atoms with Crippen LogP contribution in [0.25, 0.3) is 0 Å². The zero-order valence-corrected chi connectivity index (χ0v) is 18.1. The smallest absolute Gasteiger partial charge is 0.0733 e. The third-order valence-corrected chi connectivity index (χ3v) is 6.18. The Morgan fingerprint density at radius 3 is 2.30 bits per heavy atom. The van der Waals surface area contributed by atoms with Crippen molar-refractivity contribution in [3.8, 4) is 0 Å². The lowest BCUT2D eigenvalue weighted by Crippen LogP contribution is -2.58. The van der Waals surface area contributed by atoms with E-state index in [2.05, 4.69) is 79.3 Å². The summed E-state index contributed by atoms with van der Waals surface area (Å²) in [5, 5.41) is 0. The minimum absolute atomic E-state index is 0. The minimum Gasteiger partial charge on any atom is -0.412 e. The zero-order valence-electron chi connectivity index (χ0n) is 16.4. The van der Waals surface area contributed by atoms with E-state index in [9.17, 15) is 0 Å². The van der Waals surface area contributed by atoms with Crippen LogP contribution in [0.3, 0.4) is 0 Å². The number of nitrogens with zero attached hydrogens (tertiary/aromatic N) is 2. The van der Waals surface area contributed by atoms with Gasteiger partial charge in [-0.15, -0.1) is 24.8 Å². The SMILES string of the molecule is Cc1ccc(C23CC(N(C)C)CCN2CCc2ccccc23)cc1.Cl.Cl.O. The summed E-state index contributed by atoms with van der Waals surface area (Å²) < 4.78 is 0. The highest BCUT2D eigenvalue weighted by molar-refractivity contribution is 5.85. The van der Waals surface area contributed by atoms with Crippen LogP contribution in [-0.2, 0) is 12.0 Å². The average molecular weight is 411 g/mol. The van der Waals surface area contributed by atoms with Crippen molar-refractivity contribution in [2.75, 3.05) is 27.2 Å². The van der Waals surface area contributed by atoms with E-state index in [4.69, 9.17) is 0 Å². The molecule has 150 valence electrons. The van der Waals surface area contributed by atoms with Crippen LogP contribution >= 0.6 is 24.8 Å². The van der Waals surface area contributed by atoms with Crippen LogP contribution in [0.15, 0.2) is 48.5 Å². The Balaban J connectivity index is 0.00000121. The summed E-state index contributed by atoms with van der Waals surface area (Å²) >= 11 is 0. The predicted molar refractivity (Wildman–Crippen MR) is 118 cm³/mol. The van der Waals surface area contributed by atoms with Gasteiger partial charge in [-0.25, -0.2) is 0 Å². The average Bonchev–Trinajstić information content (AvgIpc) is 2.61. The molecule has 2 heterocycles. The normalized spacial score (nSPS) is 23.9. The first-order chi connectivity index (χ1) is 11.6. The highest BCUT2D eigenvalue weighted by Crippen LogP contribution is 2.47. The van der Waals surface area contributed by atoms with E-state index in [1.165, 1.54) is 54.6 Å². The molecule has 2 atom stereocenters. The van der Waals surface area contributed by atoms with Crippen molar-refractivity contribution in [3.63, 3.8) is 0 Å². The third kappa shape index (κ3) is 4.03. The van der Waals surface area contributed by atoms with Crippen LogP contribution in [0.4, 0.5) is 0 Å². The van der Waals surface area contributed by atoms with Gasteiger partial charge >= 0.3 is 0 Å². The van der Waals surface area contributed by atoms with E-state index in [0.29, 0.717) is 6.04 Å². The fraction of sp³-hybridized carbons (Fsp3) is 0.455. The molecule has 0 amide bonds. The highest BCUT2D eigenvalue weighted by atomic mass is 35.5. The van der Waals surface area contributed by atoms with Gasteiger partial charge in [0.15, 0.2) is 0 Å². The fourth-order valence-corrected chi connectivity index (χ4v) is 4.77. The Bertz CT molecular complexity index is 735. The molecule has 27 heavy (non-hydrogen) atoms. The van der Waals surface area contributed by atoms with Gasteiger partial charge in [-0.05, 0) is 57.0 Å². The molecule has 4 rings (SSSR count). The lowest BCUT2D eigenvalue weighted by atomic mass is 9.69. The number of hydrogen-bond acceptors (Lipinski definition) is 2. The molecule has 5 heteroatoms.